The molecule has 10 heteroatoms. The fourth-order valence-corrected chi connectivity index (χ4v) is 2.56. The Kier molecular flexibility index (Phi) is 8.11. The van der Waals surface area contributed by atoms with Crippen LogP contribution in [0.2, 0.25) is 10.0 Å². The maximum absolute atomic E-state index is 12.1. The van der Waals surface area contributed by atoms with E-state index in [0.29, 0.717) is 32.9 Å². The van der Waals surface area contributed by atoms with Crippen LogP contribution in [0.1, 0.15) is 12.5 Å². The first-order chi connectivity index (χ1) is 13.8. The van der Waals surface area contributed by atoms with Crippen LogP contribution >= 0.6 is 23.2 Å². The molecule has 2 amide bonds. The molecule has 1 atom stereocenters. The van der Waals surface area contributed by atoms with Crippen molar-refractivity contribution >= 4 is 41.2 Å². The molecule has 3 N–H and O–H groups in total. The largest absolute Gasteiger partial charge is 0.493 e. The van der Waals surface area contributed by atoms with Crippen LogP contribution in [0.3, 0.4) is 0 Å². The van der Waals surface area contributed by atoms with Crippen molar-refractivity contribution < 1.29 is 23.8 Å². The van der Waals surface area contributed by atoms with Crippen molar-refractivity contribution in [3.8, 4) is 17.2 Å². The van der Waals surface area contributed by atoms with Gasteiger partial charge in [-0.15, -0.1) is 0 Å². The van der Waals surface area contributed by atoms with E-state index in [1.807, 2.05) is 0 Å². The number of ether oxygens (including phenoxy) is 3. The number of primary amides is 1. The van der Waals surface area contributed by atoms with Gasteiger partial charge >= 0.3 is 0 Å². The van der Waals surface area contributed by atoms with Crippen LogP contribution in [-0.4, -0.2) is 37.8 Å². The molecule has 0 saturated heterocycles. The summed E-state index contributed by atoms with van der Waals surface area (Å²) in [5, 5.41) is 4.65. The zero-order valence-corrected chi connectivity index (χ0v) is 17.2. The van der Waals surface area contributed by atoms with Crippen LogP contribution in [0.15, 0.2) is 41.5 Å². The van der Waals surface area contributed by atoms with Gasteiger partial charge in [0.2, 0.25) is 0 Å². The second-order valence-electron chi connectivity index (χ2n) is 5.73. The van der Waals surface area contributed by atoms with Crippen LogP contribution < -0.4 is 25.4 Å². The fraction of sp³-hybridized carbons (Fsp3) is 0.211. The highest BCUT2D eigenvalue weighted by molar-refractivity contribution is 6.35. The molecule has 2 aromatic rings. The number of carbonyl (C=O) groups is 2. The van der Waals surface area contributed by atoms with Crippen molar-refractivity contribution in [1.29, 1.82) is 0 Å². The van der Waals surface area contributed by atoms with Crippen LogP contribution in [0.4, 0.5) is 0 Å². The number of hydrogen-bond acceptors (Lipinski definition) is 6. The first-order valence-corrected chi connectivity index (χ1v) is 9.09. The molecule has 154 valence electrons. The molecule has 2 rings (SSSR count). The van der Waals surface area contributed by atoms with Crippen molar-refractivity contribution in [1.82, 2.24) is 5.43 Å². The van der Waals surface area contributed by atoms with Gasteiger partial charge in [-0.1, -0.05) is 23.2 Å². The van der Waals surface area contributed by atoms with E-state index < -0.39 is 17.9 Å². The number of methoxy groups -OCH3 is 1. The summed E-state index contributed by atoms with van der Waals surface area (Å²) in [5.41, 5.74) is 8.06. The van der Waals surface area contributed by atoms with E-state index in [9.17, 15) is 9.59 Å². The van der Waals surface area contributed by atoms with Gasteiger partial charge < -0.3 is 19.9 Å². The molecule has 29 heavy (non-hydrogen) atoms. The van der Waals surface area contributed by atoms with Gasteiger partial charge in [-0.3, -0.25) is 9.59 Å². The van der Waals surface area contributed by atoms with E-state index >= 15 is 0 Å². The van der Waals surface area contributed by atoms with Gasteiger partial charge in [-0.25, -0.2) is 5.43 Å². The molecule has 0 spiro atoms. The lowest BCUT2D eigenvalue weighted by Crippen LogP contribution is -2.33. The third-order valence-electron chi connectivity index (χ3n) is 3.51. The van der Waals surface area contributed by atoms with E-state index in [1.165, 1.54) is 19.4 Å². The number of nitrogens with one attached hydrogen (secondary N) is 1. The Morgan fingerprint density at radius 3 is 2.55 bits per heavy atom. The summed E-state index contributed by atoms with van der Waals surface area (Å²) >= 11 is 11.9. The Morgan fingerprint density at radius 2 is 1.90 bits per heavy atom. The molecule has 0 saturated carbocycles. The third kappa shape index (κ3) is 6.85. The Balaban J connectivity index is 1.95. The number of benzene rings is 2. The number of amides is 2. The van der Waals surface area contributed by atoms with Crippen molar-refractivity contribution in [2.45, 2.75) is 13.0 Å². The highest BCUT2D eigenvalue weighted by atomic mass is 35.5. The average molecular weight is 440 g/mol. The normalized spacial score (nSPS) is 11.7. The predicted molar refractivity (Wildman–Crippen MR) is 110 cm³/mol. The summed E-state index contributed by atoms with van der Waals surface area (Å²) in [5.74, 6) is 0.00113. The van der Waals surface area contributed by atoms with Crippen LogP contribution in [-0.2, 0) is 9.59 Å². The summed E-state index contributed by atoms with van der Waals surface area (Å²) in [6.45, 7) is 1.29. The van der Waals surface area contributed by atoms with Gasteiger partial charge in [0.25, 0.3) is 11.8 Å². The highest BCUT2D eigenvalue weighted by Crippen LogP contribution is 2.28. The van der Waals surface area contributed by atoms with Crippen molar-refractivity contribution in [2.24, 2.45) is 10.8 Å². The molecular weight excluding hydrogens is 421 g/mol. The van der Waals surface area contributed by atoms with E-state index in [4.69, 9.17) is 43.1 Å². The Hall–Kier alpha value is -2.97. The zero-order valence-electron chi connectivity index (χ0n) is 15.6. The quantitative estimate of drug-likeness (QED) is 0.460. The monoisotopic (exact) mass is 439 g/mol. The Morgan fingerprint density at radius 1 is 1.17 bits per heavy atom. The molecule has 8 nitrogen and oxygen atoms in total. The van der Waals surface area contributed by atoms with Crippen molar-refractivity contribution in [2.75, 3.05) is 13.7 Å². The minimum Gasteiger partial charge on any atom is -0.493 e. The lowest BCUT2D eigenvalue weighted by molar-refractivity contribution is -0.127. The SMILES string of the molecule is COc1cc(/C=N\NC(=O)[C@@H](C)Oc2ccc(Cl)cc2Cl)ccc1OCC(N)=O. The molecule has 0 aliphatic carbocycles. The summed E-state index contributed by atoms with van der Waals surface area (Å²) in [7, 11) is 1.45. The predicted octanol–water partition coefficient (Wildman–Crippen LogP) is 2.78. The Bertz CT molecular complexity index is 921. The molecule has 0 unspecified atom stereocenters. The molecule has 0 bridgehead atoms. The number of halogens is 2. The number of rotatable bonds is 9. The van der Waals surface area contributed by atoms with Crippen LogP contribution in [0.5, 0.6) is 17.2 Å². The van der Waals surface area contributed by atoms with Crippen molar-refractivity contribution in [3.05, 3.63) is 52.0 Å². The molecule has 0 aromatic heterocycles. The summed E-state index contributed by atoms with van der Waals surface area (Å²) < 4.78 is 16.0. The van der Waals surface area contributed by atoms with E-state index in [2.05, 4.69) is 10.5 Å². The number of nitrogens with zero attached hydrogens (tertiary/aromatic N) is 1. The van der Waals surface area contributed by atoms with E-state index in [-0.39, 0.29) is 6.61 Å². The molecule has 0 fully saturated rings. The minimum absolute atomic E-state index is 0.268. The van der Waals surface area contributed by atoms with E-state index in [0.717, 1.165) is 0 Å². The second kappa shape index (κ2) is 10.5. The van der Waals surface area contributed by atoms with Gasteiger partial charge in [-0.05, 0) is 48.9 Å². The number of hydrazone groups is 1. The molecule has 0 aliphatic rings. The topological polar surface area (TPSA) is 112 Å². The maximum Gasteiger partial charge on any atom is 0.280 e. The number of carbonyl (C=O) groups excluding carboxylic acids is 2. The molecular formula is C19H19Cl2N3O5. The lowest BCUT2D eigenvalue weighted by Gasteiger charge is -2.14. The summed E-state index contributed by atoms with van der Waals surface area (Å²) in [6, 6.07) is 9.59. The Labute approximate surface area is 177 Å². The molecule has 0 aliphatic heterocycles. The first-order valence-electron chi connectivity index (χ1n) is 8.34. The standard InChI is InChI=1S/C19H19Cl2N3O5/c1-11(29-15-6-4-13(20)8-14(15)21)19(26)24-23-9-12-3-5-16(17(7-12)27-2)28-10-18(22)25/h3-9,11H,10H2,1-2H3,(H2,22,25)(H,24,26)/b23-9-/t11-/m1/s1. The highest BCUT2D eigenvalue weighted by Gasteiger charge is 2.15. The molecule has 0 heterocycles. The summed E-state index contributed by atoms with van der Waals surface area (Å²) in [4.78, 5) is 23.0. The second-order valence-corrected chi connectivity index (χ2v) is 6.58. The third-order valence-corrected chi connectivity index (χ3v) is 4.04. The first kappa shape index (κ1) is 22.3. The number of nitrogens with two attached hydrogens (primary N) is 1. The maximum atomic E-state index is 12.1. The van der Waals surface area contributed by atoms with Gasteiger partial charge in [0.1, 0.15) is 5.75 Å². The van der Waals surface area contributed by atoms with Gasteiger partial charge in [-0.2, -0.15) is 5.10 Å². The molecule has 2 aromatic carbocycles. The van der Waals surface area contributed by atoms with Crippen LogP contribution in [0.25, 0.3) is 0 Å². The average Bonchev–Trinajstić information content (AvgIpc) is 2.68. The van der Waals surface area contributed by atoms with Gasteiger partial charge in [0.15, 0.2) is 24.2 Å². The number of hydrogen-bond donors (Lipinski definition) is 2. The van der Waals surface area contributed by atoms with Crippen molar-refractivity contribution in [3.63, 3.8) is 0 Å². The van der Waals surface area contributed by atoms with E-state index in [1.54, 1.807) is 37.3 Å². The van der Waals surface area contributed by atoms with Gasteiger partial charge in [0, 0.05) is 5.02 Å². The fourth-order valence-electron chi connectivity index (χ4n) is 2.11. The zero-order chi connectivity index (χ0) is 21.4. The lowest BCUT2D eigenvalue weighted by atomic mass is 10.2. The minimum atomic E-state index is -0.843. The van der Waals surface area contributed by atoms with Gasteiger partial charge in [0.05, 0.1) is 18.3 Å². The molecule has 0 radical (unpaired) electrons. The van der Waals surface area contributed by atoms with Crippen LogP contribution in [0, 0.1) is 0 Å². The smallest absolute Gasteiger partial charge is 0.280 e. The summed E-state index contributed by atoms with van der Waals surface area (Å²) in [6.07, 6.45) is 0.574.